The van der Waals surface area contributed by atoms with Gasteiger partial charge in [0.1, 0.15) is 19.0 Å². The van der Waals surface area contributed by atoms with Gasteiger partial charge >= 0.3 is 0 Å². The average Bonchev–Trinajstić information content (AvgIpc) is 2.62. The lowest BCUT2D eigenvalue weighted by Crippen LogP contribution is -2.56. The van der Waals surface area contributed by atoms with Gasteiger partial charge in [-0.05, 0) is 31.2 Å². The van der Waals surface area contributed by atoms with Crippen molar-refractivity contribution in [2.75, 3.05) is 23.8 Å². The van der Waals surface area contributed by atoms with Crippen LogP contribution in [0.3, 0.4) is 0 Å². The van der Waals surface area contributed by atoms with Gasteiger partial charge in [0.15, 0.2) is 11.5 Å². The molecule has 2 amide bonds. The third-order valence-electron chi connectivity index (χ3n) is 4.12. The minimum Gasteiger partial charge on any atom is -0.486 e. The predicted molar refractivity (Wildman–Crippen MR) is 90.2 cm³/mol. The third kappa shape index (κ3) is 2.63. The number of hydrogen-bond donors (Lipinski definition) is 2. The van der Waals surface area contributed by atoms with Crippen molar-refractivity contribution >= 4 is 23.2 Å². The first kappa shape index (κ1) is 15.3. The summed E-state index contributed by atoms with van der Waals surface area (Å²) in [6.07, 6.45) is 0. The molecule has 0 saturated heterocycles. The van der Waals surface area contributed by atoms with Crippen molar-refractivity contribution < 1.29 is 23.8 Å². The van der Waals surface area contributed by atoms with Crippen molar-refractivity contribution in [2.24, 2.45) is 0 Å². The molecule has 7 heteroatoms. The lowest BCUT2D eigenvalue weighted by atomic mass is 10.0. The van der Waals surface area contributed by atoms with Crippen molar-refractivity contribution in [2.45, 2.75) is 12.5 Å². The molecule has 25 heavy (non-hydrogen) atoms. The normalized spacial score (nSPS) is 20.8. The van der Waals surface area contributed by atoms with Crippen LogP contribution >= 0.6 is 0 Å². The molecule has 1 atom stereocenters. The second kappa shape index (κ2) is 5.70. The van der Waals surface area contributed by atoms with E-state index in [0.29, 0.717) is 41.8 Å². The zero-order chi connectivity index (χ0) is 17.4. The van der Waals surface area contributed by atoms with Gasteiger partial charge in [0.2, 0.25) is 0 Å². The molecule has 2 aromatic carbocycles. The van der Waals surface area contributed by atoms with Crippen molar-refractivity contribution in [3.8, 4) is 17.2 Å². The van der Waals surface area contributed by atoms with Gasteiger partial charge in [-0.25, -0.2) is 0 Å². The van der Waals surface area contributed by atoms with Gasteiger partial charge in [0, 0.05) is 11.8 Å². The number of anilines is 2. The first-order valence-electron chi connectivity index (χ1n) is 7.87. The van der Waals surface area contributed by atoms with Crippen molar-refractivity contribution in [1.82, 2.24) is 0 Å². The Morgan fingerprint density at radius 1 is 1.08 bits per heavy atom. The van der Waals surface area contributed by atoms with Crippen LogP contribution in [0.5, 0.6) is 17.2 Å². The molecule has 0 aliphatic carbocycles. The zero-order valence-electron chi connectivity index (χ0n) is 13.5. The van der Waals surface area contributed by atoms with Crippen LogP contribution in [0.15, 0.2) is 42.5 Å². The summed E-state index contributed by atoms with van der Waals surface area (Å²) >= 11 is 0. The summed E-state index contributed by atoms with van der Waals surface area (Å²) in [7, 11) is 0. The fraction of sp³-hybridized carbons (Fsp3) is 0.222. The van der Waals surface area contributed by atoms with Crippen LogP contribution in [0.25, 0.3) is 0 Å². The van der Waals surface area contributed by atoms with E-state index in [1.807, 2.05) is 0 Å². The van der Waals surface area contributed by atoms with Gasteiger partial charge in [-0.1, -0.05) is 12.1 Å². The molecule has 0 aromatic heterocycles. The monoisotopic (exact) mass is 340 g/mol. The smallest absolute Gasteiger partial charge is 0.278 e. The van der Waals surface area contributed by atoms with E-state index in [0.717, 1.165) is 0 Å². The van der Waals surface area contributed by atoms with E-state index in [2.05, 4.69) is 10.6 Å². The number of ether oxygens (including phenoxy) is 3. The minimum absolute atomic E-state index is 0.446. The average molecular weight is 340 g/mol. The summed E-state index contributed by atoms with van der Waals surface area (Å²) < 4.78 is 16.6. The second-order valence-corrected chi connectivity index (χ2v) is 5.90. The van der Waals surface area contributed by atoms with Gasteiger partial charge in [-0.15, -0.1) is 0 Å². The van der Waals surface area contributed by atoms with Crippen molar-refractivity contribution in [1.29, 1.82) is 0 Å². The van der Waals surface area contributed by atoms with E-state index in [9.17, 15) is 9.59 Å². The number of hydrogen-bond acceptors (Lipinski definition) is 5. The van der Waals surface area contributed by atoms with Crippen molar-refractivity contribution in [3.05, 3.63) is 42.5 Å². The molecule has 128 valence electrons. The van der Waals surface area contributed by atoms with Crippen molar-refractivity contribution in [3.63, 3.8) is 0 Å². The molecule has 0 radical (unpaired) electrons. The highest BCUT2D eigenvalue weighted by Gasteiger charge is 2.47. The topological polar surface area (TPSA) is 85.9 Å². The number of fused-ring (bicyclic) bond motifs is 2. The van der Waals surface area contributed by atoms with Crippen LogP contribution in [-0.4, -0.2) is 30.6 Å². The number of carbonyl (C=O) groups excluding carboxylic acids is 2. The lowest BCUT2D eigenvalue weighted by molar-refractivity contribution is -0.143. The SMILES string of the molecule is C[C@@]1(C(=O)Nc2ccc3c(c2)OCCO3)Oc2ccccc2NC1=O. The molecule has 0 fully saturated rings. The minimum atomic E-state index is -1.68. The molecule has 2 aromatic rings. The molecule has 0 spiro atoms. The Bertz CT molecular complexity index is 866. The van der Waals surface area contributed by atoms with E-state index < -0.39 is 17.4 Å². The first-order chi connectivity index (χ1) is 12.1. The Balaban J connectivity index is 1.57. The standard InChI is InChI=1S/C18H16N2O5/c1-18(17(22)20-12-4-2-3-5-13(12)25-18)16(21)19-11-6-7-14-15(10-11)24-9-8-23-14/h2-7,10H,8-9H2,1H3,(H,19,21)(H,20,22)/t18-/m0/s1. The molecule has 2 aliphatic heterocycles. The number of benzene rings is 2. The van der Waals surface area contributed by atoms with Gasteiger partial charge in [-0.3, -0.25) is 9.59 Å². The third-order valence-corrected chi connectivity index (χ3v) is 4.12. The Kier molecular flexibility index (Phi) is 3.49. The van der Waals surface area contributed by atoms with Crippen LogP contribution in [0.2, 0.25) is 0 Å². The molecule has 2 N–H and O–H groups in total. The highest BCUT2D eigenvalue weighted by molar-refractivity contribution is 6.19. The lowest BCUT2D eigenvalue weighted by Gasteiger charge is -2.33. The maximum Gasteiger partial charge on any atom is 0.278 e. The highest BCUT2D eigenvalue weighted by atomic mass is 16.6. The van der Waals surface area contributed by atoms with Crippen LogP contribution < -0.4 is 24.8 Å². The summed E-state index contributed by atoms with van der Waals surface area (Å²) in [5.74, 6) is 0.518. The molecule has 0 unspecified atom stereocenters. The fourth-order valence-corrected chi connectivity index (χ4v) is 2.69. The molecule has 0 bridgehead atoms. The summed E-state index contributed by atoms with van der Waals surface area (Å²) in [6.45, 7) is 2.38. The second-order valence-electron chi connectivity index (χ2n) is 5.90. The Morgan fingerprint density at radius 3 is 2.68 bits per heavy atom. The maximum atomic E-state index is 12.7. The Morgan fingerprint density at radius 2 is 1.84 bits per heavy atom. The maximum absolute atomic E-state index is 12.7. The molecular formula is C18H16N2O5. The van der Waals surface area contributed by atoms with Crippen LogP contribution in [0.4, 0.5) is 11.4 Å². The summed E-state index contributed by atoms with van der Waals surface area (Å²) in [5.41, 5.74) is -0.649. The van der Waals surface area contributed by atoms with Crippen LogP contribution in [0, 0.1) is 0 Å². The number of rotatable bonds is 2. The largest absolute Gasteiger partial charge is 0.486 e. The number of nitrogens with one attached hydrogen (secondary N) is 2. The number of para-hydroxylation sites is 2. The summed E-state index contributed by atoms with van der Waals surface area (Å²) in [5, 5.41) is 5.40. The van der Waals surface area contributed by atoms with Gasteiger partial charge in [-0.2, -0.15) is 0 Å². The first-order valence-corrected chi connectivity index (χ1v) is 7.87. The molecule has 2 heterocycles. The number of amides is 2. The summed E-state index contributed by atoms with van der Waals surface area (Å²) in [6, 6.07) is 12.0. The molecule has 7 nitrogen and oxygen atoms in total. The summed E-state index contributed by atoms with van der Waals surface area (Å²) in [4.78, 5) is 25.1. The fourth-order valence-electron chi connectivity index (χ4n) is 2.69. The van der Waals surface area contributed by atoms with E-state index in [-0.39, 0.29) is 0 Å². The van der Waals surface area contributed by atoms with E-state index in [1.54, 1.807) is 42.5 Å². The van der Waals surface area contributed by atoms with E-state index in [4.69, 9.17) is 14.2 Å². The molecule has 0 saturated carbocycles. The Hall–Kier alpha value is -3.22. The van der Waals surface area contributed by atoms with Crippen LogP contribution in [0.1, 0.15) is 6.92 Å². The molecule has 2 aliphatic rings. The molecule has 4 rings (SSSR count). The van der Waals surface area contributed by atoms with Gasteiger partial charge in [0.25, 0.3) is 17.4 Å². The zero-order valence-corrected chi connectivity index (χ0v) is 13.5. The highest BCUT2D eigenvalue weighted by Crippen LogP contribution is 2.35. The van der Waals surface area contributed by atoms with Gasteiger partial charge < -0.3 is 24.8 Å². The van der Waals surface area contributed by atoms with E-state index >= 15 is 0 Å². The predicted octanol–water partition coefficient (Wildman–Crippen LogP) is 2.19. The van der Waals surface area contributed by atoms with Crippen LogP contribution in [-0.2, 0) is 9.59 Å². The van der Waals surface area contributed by atoms with E-state index in [1.165, 1.54) is 6.92 Å². The number of carbonyl (C=O) groups is 2. The van der Waals surface area contributed by atoms with Gasteiger partial charge in [0.05, 0.1) is 5.69 Å². The Labute approximate surface area is 143 Å². The molecular weight excluding hydrogens is 324 g/mol. The quantitative estimate of drug-likeness (QED) is 0.819.